The van der Waals surface area contributed by atoms with E-state index in [1.54, 1.807) is 6.26 Å². The van der Waals surface area contributed by atoms with Crippen LogP contribution in [0.3, 0.4) is 0 Å². The summed E-state index contributed by atoms with van der Waals surface area (Å²) in [6, 6.07) is 19.6. The lowest BCUT2D eigenvalue weighted by molar-refractivity contribution is -0.122. The summed E-state index contributed by atoms with van der Waals surface area (Å²) in [5.74, 6) is 0.251. The van der Waals surface area contributed by atoms with Crippen molar-refractivity contribution in [1.82, 2.24) is 0 Å². The monoisotopic (exact) mass is 407 g/mol. The first-order valence-electron chi connectivity index (χ1n) is 10.7. The summed E-state index contributed by atoms with van der Waals surface area (Å²) in [4.78, 5) is 31.9. The van der Waals surface area contributed by atoms with E-state index < -0.39 is 5.92 Å². The fourth-order valence-corrected chi connectivity index (χ4v) is 5.36. The maximum absolute atomic E-state index is 13.5. The molecule has 152 valence electrons. The zero-order valence-corrected chi connectivity index (χ0v) is 17.2. The Bertz CT molecular complexity index is 1280. The van der Waals surface area contributed by atoms with Gasteiger partial charge in [0.1, 0.15) is 11.5 Å². The minimum absolute atomic E-state index is 0.0000620. The Morgan fingerprint density at radius 3 is 2.39 bits per heavy atom. The lowest BCUT2D eigenvalue weighted by atomic mass is 9.66. The molecular formula is C27H21NO3. The first-order chi connectivity index (χ1) is 15.1. The van der Waals surface area contributed by atoms with Gasteiger partial charge in [-0.05, 0) is 31.0 Å². The van der Waals surface area contributed by atoms with Gasteiger partial charge in [0.25, 0.3) is 0 Å². The van der Waals surface area contributed by atoms with Gasteiger partial charge in [0.2, 0.25) is 0 Å². The summed E-state index contributed by atoms with van der Waals surface area (Å²) >= 11 is 0. The molecule has 1 unspecified atom stereocenters. The largest absolute Gasteiger partial charge is 0.469 e. The molecule has 2 heterocycles. The SMILES string of the molecule is Cc1ccc([C@@H]2C3=C(N=C4C[C@@H](c5ccco5)CC(=O)C42)c2ccccc2C3=O)cc1. The van der Waals surface area contributed by atoms with Gasteiger partial charge in [0, 0.05) is 40.7 Å². The van der Waals surface area contributed by atoms with Gasteiger partial charge in [0.05, 0.1) is 17.9 Å². The normalized spacial score (nSPS) is 24.5. The molecule has 1 saturated carbocycles. The van der Waals surface area contributed by atoms with Crippen molar-refractivity contribution in [2.75, 3.05) is 0 Å². The number of hydrogen-bond acceptors (Lipinski definition) is 4. The van der Waals surface area contributed by atoms with E-state index in [0.717, 1.165) is 33.9 Å². The highest BCUT2D eigenvalue weighted by molar-refractivity contribution is 6.25. The number of carbonyl (C=O) groups excluding carboxylic acids is 2. The molecule has 0 N–H and O–H groups in total. The average molecular weight is 407 g/mol. The average Bonchev–Trinajstić information content (AvgIpc) is 3.41. The van der Waals surface area contributed by atoms with Crippen molar-refractivity contribution in [3.63, 3.8) is 0 Å². The number of carbonyl (C=O) groups is 2. The summed E-state index contributed by atoms with van der Waals surface area (Å²) in [7, 11) is 0. The number of aryl methyl sites for hydroxylation is 1. The second-order valence-corrected chi connectivity index (χ2v) is 8.69. The lowest BCUT2D eigenvalue weighted by Crippen LogP contribution is -2.40. The number of benzene rings is 2. The number of fused-ring (bicyclic) bond motifs is 3. The van der Waals surface area contributed by atoms with Crippen LogP contribution in [-0.4, -0.2) is 17.3 Å². The van der Waals surface area contributed by atoms with Gasteiger partial charge in [-0.1, -0.05) is 54.1 Å². The fraction of sp³-hybridized carbons (Fsp3) is 0.222. The summed E-state index contributed by atoms with van der Waals surface area (Å²) in [6.07, 6.45) is 2.72. The summed E-state index contributed by atoms with van der Waals surface area (Å²) in [6.45, 7) is 2.04. The predicted octanol–water partition coefficient (Wildman–Crippen LogP) is 5.50. The lowest BCUT2D eigenvalue weighted by Gasteiger charge is -2.37. The van der Waals surface area contributed by atoms with Gasteiger partial charge < -0.3 is 4.42 Å². The highest BCUT2D eigenvalue weighted by Crippen LogP contribution is 2.51. The molecule has 6 rings (SSSR count). The highest BCUT2D eigenvalue weighted by Gasteiger charge is 2.49. The molecule has 1 aromatic heterocycles. The minimum Gasteiger partial charge on any atom is -0.469 e. The number of ketones is 2. The van der Waals surface area contributed by atoms with E-state index in [1.807, 2.05) is 55.5 Å². The Kier molecular flexibility index (Phi) is 3.97. The molecule has 4 heteroatoms. The molecule has 4 nitrogen and oxygen atoms in total. The summed E-state index contributed by atoms with van der Waals surface area (Å²) < 4.78 is 5.61. The molecule has 0 spiro atoms. The first kappa shape index (κ1) is 18.3. The number of aliphatic imine (C=N–C) groups is 1. The predicted molar refractivity (Wildman–Crippen MR) is 118 cm³/mol. The molecule has 3 aliphatic rings. The number of hydrogen-bond donors (Lipinski definition) is 0. The van der Waals surface area contributed by atoms with E-state index in [9.17, 15) is 9.59 Å². The van der Waals surface area contributed by atoms with Gasteiger partial charge in [0.15, 0.2) is 5.78 Å². The maximum atomic E-state index is 13.5. The molecule has 2 aliphatic carbocycles. The van der Waals surface area contributed by atoms with Crippen molar-refractivity contribution < 1.29 is 14.0 Å². The van der Waals surface area contributed by atoms with Crippen molar-refractivity contribution >= 4 is 23.0 Å². The van der Waals surface area contributed by atoms with Gasteiger partial charge in [-0.3, -0.25) is 14.6 Å². The third-order valence-corrected chi connectivity index (χ3v) is 6.82. The van der Waals surface area contributed by atoms with Crippen LogP contribution < -0.4 is 0 Å². The molecule has 0 radical (unpaired) electrons. The smallest absolute Gasteiger partial charge is 0.192 e. The molecule has 31 heavy (non-hydrogen) atoms. The Labute approximate surface area is 180 Å². The molecule has 3 aromatic rings. The van der Waals surface area contributed by atoms with Crippen LogP contribution in [0.15, 0.2) is 81.9 Å². The molecule has 2 aromatic carbocycles. The van der Waals surface area contributed by atoms with Crippen LogP contribution in [0.25, 0.3) is 5.70 Å². The van der Waals surface area contributed by atoms with Crippen molar-refractivity contribution in [2.24, 2.45) is 10.9 Å². The van der Waals surface area contributed by atoms with Crippen LogP contribution in [0.1, 0.15) is 57.5 Å². The van der Waals surface area contributed by atoms with E-state index in [0.29, 0.717) is 24.0 Å². The van der Waals surface area contributed by atoms with E-state index in [1.165, 1.54) is 0 Å². The number of allylic oxidation sites excluding steroid dienone is 1. The molecule has 1 aliphatic heterocycles. The van der Waals surface area contributed by atoms with Crippen molar-refractivity contribution in [2.45, 2.75) is 31.6 Å². The van der Waals surface area contributed by atoms with E-state index in [4.69, 9.17) is 9.41 Å². The van der Waals surface area contributed by atoms with Gasteiger partial charge >= 0.3 is 0 Å². The van der Waals surface area contributed by atoms with Crippen LogP contribution in [0.2, 0.25) is 0 Å². The van der Waals surface area contributed by atoms with E-state index >= 15 is 0 Å². The second-order valence-electron chi connectivity index (χ2n) is 8.69. The summed E-state index contributed by atoms with van der Waals surface area (Å²) in [5.41, 5.74) is 5.99. The van der Waals surface area contributed by atoms with Crippen LogP contribution in [0.5, 0.6) is 0 Å². The third-order valence-electron chi connectivity index (χ3n) is 6.82. The van der Waals surface area contributed by atoms with Crippen molar-refractivity contribution in [1.29, 1.82) is 0 Å². The van der Waals surface area contributed by atoms with E-state index in [-0.39, 0.29) is 23.4 Å². The molecule has 3 atom stereocenters. The van der Waals surface area contributed by atoms with Crippen molar-refractivity contribution in [3.8, 4) is 0 Å². The number of rotatable bonds is 2. The number of Topliss-reactive ketones (excluding diaryl/α,β-unsaturated/α-hetero) is 2. The van der Waals surface area contributed by atoms with Crippen LogP contribution >= 0.6 is 0 Å². The minimum atomic E-state index is -0.397. The zero-order valence-electron chi connectivity index (χ0n) is 17.2. The Morgan fingerprint density at radius 1 is 0.871 bits per heavy atom. The topological polar surface area (TPSA) is 59.6 Å². The van der Waals surface area contributed by atoms with Crippen LogP contribution in [0, 0.1) is 12.8 Å². The molecular weight excluding hydrogens is 386 g/mol. The Hall–Kier alpha value is -3.53. The number of furan rings is 1. The third kappa shape index (κ3) is 2.71. The maximum Gasteiger partial charge on any atom is 0.192 e. The molecule has 1 fully saturated rings. The van der Waals surface area contributed by atoms with Crippen LogP contribution in [-0.2, 0) is 4.79 Å². The molecule has 0 amide bonds. The Balaban J connectivity index is 1.53. The summed E-state index contributed by atoms with van der Waals surface area (Å²) in [5, 5.41) is 0. The zero-order chi connectivity index (χ0) is 21.1. The van der Waals surface area contributed by atoms with E-state index in [2.05, 4.69) is 12.1 Å². The standard InChI is InChI=1S/C27H21NO3/c1-15-8-10-16(11-9-15)23-24-20(13-17(14-21(24)29)22-7-4-12-31-22)28-26-18-5-2-3-6-19(18)27(30)25(23)26/h2-12,17,23-24H,13-14H2,1H3/t17-,23+,24?/m1/s1. The van der Waals surface area contributed by atoms with Gasteiger partial charge in [-0.25, -0.2) is 0 Å². The molecule has 0 bridgehead atoms. The quantitative estimate of drug-likeness (QED) is 0.564. The second kappa shape index (κ2) is 6.74. The van der Waals surface area contributed by atoms with Gasteiger partial charge in [-0.2, -0.15) is 0 Å². The number of nitrogens with zero attached hydrogens (tertiary/aromatic N) is 1. The highest BCUT2D eigenvalue weighted by atomic mass is 16.3. The first-order valence-corrected chi connectivity index (χ1v) is 10.7. The van der Waals surface area contributed by atoms with Crippen LogP contribution in [0.4, 0.5) is 0 Å². The van der Waals surface area contributed by atoms with Gasteiger partial charge in [-0.15, -0.1) is 0 Å². The molecule has 0 saturated heterocycles. The Morgan fingerprint density at radius 2 is 1.65 bits per heavy atom. The van der Waals surface area contributed by atoms with Crippen molar-refractivity contribution in [3.05, 3.63) is 101 Å². The fourth-order valence-electron chi connectivity index (χ4n) is 5.36.